The van der Waals surface area contributed by atoms with Gasteiger partial charge in [0.2, 0.25) is 0 Å². The van der Waals surface area contributed by atoms with Crippen LogP contribution in [-0.2, 0) is 6.18 Å². The van der Waals surface area contributed by atoms with Crippen LogP contribution in [0.25, 0.3) is 16.8 Å². The Hall–Kier alpha value is -2.90. The minimum Gasteiger partial charge on any atom is -0.478 e. The number of aromatic nitrogens is 3. The van der Waals surface area contributed by atoms with Crippen LogP contribution >= 0.6 is 0 Å². The molecule has 3 aromatic heterocycles. The maximum atomic E-state index is 12.5. The molecule has 112 valence electrons. The number of nitrogens with zero attached hydrogens (tertiary/aromatic N) is 3. The zero-order valence-electron chi connectivity index (χ0n) is 10.9. The summed E-state index contributed by atoms with van der Waals surface area (Å²) >= 11 is 0. The molecule has 0 aliphatic heterocycles. The summed E-state index contributed by atoms with van der Waals surface area (Å²) in [5.41, 5.74) is 0.398. The summed E-state index contributed by atoms with van der Waals surface area (Å²) in [4.78, 5) is 14.8. The molecule has 3 heterocycles. The third kappa shape index (κ3) is 2.39. The molecule has 0 aliphatic rings. The van der Waals surface area contributed by atoms with Crippen molar-refractivity contribution in [2.45, 2.75) is 6.18 Å². The van der Waals surface area contributed by atoms with Crippen molar-refractivity contribution in [3.05, 3.63) is 54.0 Å². The van der Waals surface area contributed by atoms with Crippen LogP contribution in [0.4, 0.5) is 13.2 Å². The van der Waals surface area contributed by atoms with E-state index in [4.69, 9.17) is 5.11 Å². The van der Waals surface area contributed by atoms with Gasteiger partial charge in [-0.2, -0.15) is 18.3 Å². The fraction of sp³-hybridized carbons (Fsp3) is 0.0714. The standard InChI is InChI=1S/C14H8F3N3O2/c15-14(16,17)9-1-2-11(18-6-9)10-7-19-20-4-3-8(13(21)22)5-12(10)20/h1-7H,(H,21,22). The van der Waals surface area contributed by atoms with E-state index in [1.807, 2.05) is 0 Å². The van der Waals surface area contributed by atoms with Crippen LogP contribution < -0.4 is 0 Å². The lowest BCUT2D eigenvalue weighted by Crippen LogP contribution is -2.05. The van der Waals surface area contributed by atoms with E-state index < -0.39 is 17.7 Å². The predicted octanol–water partition coefficient (Wildman–Crippen LogP) is 3.11. The van der Waals surface area contributed by atoms with Gasteiger partial charge < -0.3 is 5.11 Å². The minimum atomic E-state index is -4.46. The molecule has 8 heteroatoms. The Kier molecular flexibility index (Phi) is 3.09. The van der Waals surface area contributed by atoms with Crippen LogP contribution in [-0.4, -0.2) is 25.7 Å². The van der Waals surface area contributed by atoms with E-state index in [2.05, 4.69) is 10.1 Å². The molecule has 0 unspecified atom stereocenters. The van der Waals surface area contributed by atoms with Crippen molar-refractivity contribution in [3.8, 4) is 11.3 Å². The van der Waals surface area contributed by atoms with Gasteiger partial charge in [-0.3, -0.25) is 4.98 Å². The van der Waals surface area contributed by atoms with Gasteiger partial charge in [0.1, 0.15) is 0 Å². The number of rotatable bonds is 2. The highest BCUT2D eigenvalue weighted by molar-refractivity contribution is 5.91. The van der Waals surface area contributed by atoms with Crippen molar-refractivity contribution in [1.82, 2.24) is 14.6 Å². The Morgan fingerprint density at radius 1 is 1.18 bits per heavy atom. The lowest BCUT2D eigenvalue weighted by atomic mass is 10.1. The number of carboxylic acid groups (broad SMARTS) is 1. The summed E-state index contributed by atoms with van der Waals surface area (Å²) in [6.45, 7) is 0. The van der Waals surface area contributed by atoms with E-state index in [0.29, 0.717) is 11.1 Å². The molecule has 0 aromatic carbocycles. The molecule has 0 fully saturated rings. The minimum absolute atomic E-state index is 0.0566. The second kappa shape index (κ2) is 4.83. The van der Waals surface area contributed by atoms with Gasteiger partial charge in [-0.25, -0.2) is 9.31 Å². The van der Waals surface area contributed by atoms with Crippen LogP contribution in [0.3, 0.4) is 0 Å². The number of hydrogen-bond acceptors (Lipinski definition) is 3. The summed E-state index contributed by atoms with van der Waals surface area (Å²) < 4.78 is 39.0. The van der Waals surface area contributed by atoms with Gasteiger partial charge in [-0.1, -0.05) is 0 Å². The van der Waals surface area contributed by atoms with Crippen LogP contribution in [0, 0.1) is 0 Å². The molecule has 0 amide bonds. The Bertz CT molecular complexity index is 854. The number of aromatic carboxylic acids is 1. The summed E-state index contributed by atoms with van der Waals surface area (Å²) in [5, 5.41) is 13.0. The largest absolute Gasteiger partial charge is 0.478 e. The molecule has 0 bridgehead atoms. The van der Waals surface area contributed by atoms with E-state index in [0.717, 1.165) is 12.3 Å². The van der Waals surface area contributed by atoms with Crippen molar-refractivity contribution in [3.63, 3.8) is 0 Å². The molecule has 0 spiro atoms. The lowest BCUT2D eigenvalue weighted by molar-refractivity contribution is -0.137. The Morgan fingerprint density at radius 2 is 1.95 bits per heavy atom. The van der Waals surface area contributed by atoms with E-state index in [9.17, 15) is 18.0 Å². The van der Waals surface area contributed by atoms with Gasteiger partial charge >= 0.3 is 12.1 Å². The van der Waals surface area contributed by atoms with Crippen molar-refractivity contribution in [2.75, 3.05) is 0 Å². The fourth-order valence-electron chi connectivity index (χ4n) is 2.03. The summed E-state index contributed by atoms with van der Waals surface area (Å²) in [6.07, 6.45) is -0.827. The maximum absolute atomic E-state index is 12.5. The van der Waals surface area contributed by atoms with Crippen LogP contribution in [0.2, 0.25) is 0 Å². The third-order valence-electron chi connectivity index (χ3n) is 3.14. The fourth-order valence-corrected chi connectivity index (χ4v) is 2.03. The molecule has 0 radical (unpaired) electrons. The molecule has 5 nitrogen and oxygen atoms in total. The van der Waals surface area contributed by atoms with Crippen LogP contribution in [0.15, 0.2) is 42.9 Å². The van der Waals surface area contributed by atoms with Crippen molar-refractivity contribution >= 4 is 11.5 Å². The summed E-state index contributed by atoms with van der Waals surface area (Å²) in [5.74, 6) is -1.10. The number of fused-ring (bicyclic) bond motifs is 1. The number of pyridine rings is 2. The monoisotopic (exact) mass is 307 g/mol. The van der Waals surface area contributed by atoms with Gasteiger partial charge in [-0.05, 0) is 24.3 Å². The molecule has 1 N–H and O–H groups in total. The van der Waals surface area contributed by atoms with Gasteiger partial charge in [0, 0.05) is 18.0 Å². The average molecular weight is 307 g/mol. The smallest absolute Gasteiger partial charge is 0.417 e. The normalized spacial score (nSPS) is 11.8. The SMILES string of the molecule is O=C(O)c1ccn2ncc(-c3ccc(C(F)(F)F)cn3)c2c1. The molecule has 0 aliphatic carbocycles. The summed E-state index contributed by atoms with van der Waals surface area (Å²) in [6, 6.07) is 4.93. The Labute approximate surface area is 121 Å². The van der Waals surface area contributed by atoms with E-state index in [1.54, 1.807) is 0 Å². The molecule has 0 saturated carbocycles. The zero-order chi connectivity index (χ0) is 15.9. The van der Waals surface area contributed by atoms with Gasteiger partial charge in [0.15, 0.2) is 0 Å². The quantitative estimate of drug-likeness (QED) is 0.790. The number of halogens is 3. The maximum Gasteiger partial charge on any atom is 0.417 e. The molecule has 0 atom stereocenters. The second-order valence-corrected chi connectivity index (χ2v) is 4.54. The molecule has 3 aromatic rings. The Balaban J connectivity index is 2.10. The first-order chi connectivity index (χ1) is 10.4. The van der Waals surface area contributed by atoms with Crippen molar-refractivity contribution in [2.24, 2.45) is 0 Å². The number of alkyl halides is 3. The first-order valence-corrected chi connectivity index (χ1v) is 6.10. The second-order valence-electron chi connectivity index (χ2n) is 4.54. The van der Waals surface area contributed by atoms with E-state index in [1.165, 1.54) is 35.1 Å². The van der Waals surface area contributed by atoms with Gasteiger partial charge in [-0.15, -0.1) is 0 Å². The zero-order valence-corrected chi connectivity index (χ0v) is 10.9. The molecule has 22 heavy (non-hydrogen) atoms. The lowest BCUT2D eigenvalue weighted by Gasteiger charge is -2.06. The van der Waals surface area contributed by atoms with Crippen molar-refractivity contribution in [1.29, 1.82) is 0 Å². The number of carbonyl (C=O) groups is 1. The third-order valence-corrected chi connectivity index (χ3v) is 3.14. The molecular formula is C14H8F3N3O2. The first-order valence-electron chi connectivity index (χ1n) is 6.10. The van der Waals surface area contributed by atoms with Gasteiger partial charge in [0.05, 0.1) is 28.5 Å². The highest BCUT2D eigenvalue weighted by Gasteiger charge is 2.30. The number of carboxylic acids is 1. The van der Waals surface area contributed by atoms with Gasteiger partial charge in [0.25, 0.3) is 0 Å². The Morgan fingerprint density at radius 3 is 2.55 bits per heavy atom. The average Bonchev–Trinajstić information content (AvgIpc) is 2.89. The molecular weight excluding hydrogens is 299 g/mol. The molecule has 0 saturated heterocycles. The highest BCUT2D eigenvalue weighted by atomic mass is 19.4. The summed E-state index contributed by atoms with van der Waals surface area (Å²) in [7, 11) is 0. The van der Waals surface area contributed by atoms with Crippen molar-refractivity contribution < 1.29 is 23.1 Å². The van der Waals surface area contributed by atoms with E-state index >= 15 is 0 Å². The topological polar surface area (TPSA) is 67.5 Å². The highest BCUT2D eigenvalue weighted by Crippen LogP contribution is 2.30. The van der Waals surface area contributed by atoms with Crippen LogP contribution in [0.5, 0.6) is 0 Å². The molecule has 3 rings (SSSR count). The predicted molar refractivity (Wildman–Crippen MR) is 70.4 cm³/mol. The number of hydrogen-bond donors (Lipinski definition) is 1. The van der Waals surface area contributed by atoms with Crippen LogP contribution in [0.1, 0.15) is 15.9 Å². The first kappa shape index (κ1) is 14.1. The van der Waals surface area contributed by atoms with E-state index in [-0.39, 0.29) is 11.3 Å².